The third-order valence-corrected chi connectivity index (χ3v) is 4.43. The molecule has 1 atom stereocenters. The van der Waals surface area contributed by atoms with Crippen LogP contribution in [0.25, 0.3) is 0 Å². The molecule has 0 saturated carbocycles. The lowest BCUT2D eigenvalue weighted by molar-refractivity contribution is 0.0205. The van der Waals surface area contributed by atoms with Crippen LogP contribution in [0.15, 0.2) is 11.2 Å². The second-order valence-corrected chi connectivity index (χ2v) is 7.17. The van der Waals surface area contributed by atoms with Gasteiger partial charge in [-0.2, -0.15) is 0 Å². The van der Waals surface area contributed by atoms with E-state index in [2.05, 4.69) is 48.3 Å². The van der Waals surface area contributed by atoms with Gasteiger partial charge in [0, 0.05) is 31.8 Å². The summed E-state index contributed by atoms with van der Waals surface area (Å²) in [4.78, 5) is 9.93. The number of thiazole rings is 1. The first-order valence-corrected chi connectivity index (χ1v) is 8.13. The molecule has 1 unspecified atom stereocenters. The van der Waals surface area contributed by atoms with Crippen LogP contribution in [0.3, 0.4) is 0 Å². The molecule has 0 aliphatic carbocycles. The fourth-order valence-corrected chi connectivity index (χ4v) is 2.71. The molecule has 0 aliphatic rings. The monoisotopic (exact) mass is 440 g/mol. The third-order valence-electron chi connectivity index (χ3n) is 3.29. The Morgan fingerprint density at radius 3 is 2.55 bits per heavy atom. The van der Waals surface area contributed by atoms with Gasteiger partial charge in [0.1, 0.15) is 5.01 Å². The van der Waals surface area contributed by atoms with E-state index in [1.165, 1.54) is 4.88 Å². The smallest absolute Gasteiger partial charge is 0.191 e. The van der Waals surface area contributed by atoms with Crippen molar-refractivity contribution >= 4 is 41.3 Å². The zero-order valence-corrected chi connectivity index (χ0v) is 17.5. The molecule has 0 bridgehead atoms. The van der Waals surface area contributed by atoms with Crippen LogP contribution in [0, 0.1) is 5.41 Å². The molecule has 7 heteroatoms. The van der Waals surface area contributed by atoms with Crippen molar-refractivity contribution in [3.05, 3.63) is 16.1 Å². The number of nitrogens with one attached hydrogen (secondary N) is 2. The first-order chi connectivity index (χ1) is 9.90. The zero-order valence-electron chi connectivity index (χ0n) is 14.4. The zero-order chi connectivity index (χ0) is 15.9. The molecule has 0 radical (unpaired) electrons. The number of aliphatic imine (C=N–C) groups is 1. The maximum Gasteiger partial charge on any atom is 0.191 e. The van der Waals surface area contributed by atoms with Gasteiger partial charge >= 0.3 is 0 Å². The first kappa shape index (κ1) is 21.6. The van der Waals surface area contributed by atoms with Crippen molar-refractivity contribution in [1.29, 1.82) is 0 Å². The highest BCUT2D eigenvalue weighted by atomic mass is 127. The molecule has 22 heavy (non-hydrogen) atoms. The van der Waals surface area contributed by atoms with Gasteiger partial charge in [-0.3, -0.25) is 4.99 Å². The molecule has 2 N–H and O–H groups in total. The highest BCUT2D eigenvalue weighted by Gasteiger charge is 2.24. The first-order valence-electron chi connectivity index (χ1n) is 7.31. The van der Waals surface area contributed by atoms with Crippen molar-refractivity contribution in [3.63, 3.8) is 0 Å². The fourth-order valence-electron chi connectivity index (χ4n) is 1.91. The van der Waals surface area contributed by atoms with Gasteiger partial charge in [0.25, 0.3) is 0 Å². The van der Waals surface area contributed by atoms with Crippen molar-refractivity contribution in [3.8, 4) is 0 Å². The van der Waals surface area contributed by atoms with Crippen LogP contribution in [0.1, 0.15) is 37.6 Å². The van der Waals surface area contributed by atoms with Crippen LogP contribution in [0.2, 0.25) is 0 Å². The Bertz CT molecular complexity index is 457. The molecule has 1 aromatic heterocycles. The Labute approximate surface area is 155 Å². The molecule has 0 fully saturated rings. The molecule has 128 valence electrons. The Hall–Kier alpha value is -0.410. The molecule has 1 aromatic rings. The van der Waals surface area contributed by atoms with Crippen molar-refractivity contribution in [2.45, 2.75) is 46.8 Å². The maximum atomic E-state index is 5.53. The van der Waals surface area contributed by atoms with Gasteiger partial charge in [0.05, 0.1) is 12.6 Å². The van der Waals surface area contributed by atoms with Gasteiger partial charge in [-0.05, 0) is 11.8 Å². The van der Waals surface area contributed by atoms with Crippen molar-refractivity contribution in [2.24, 2.45) is 10.4 Å². The van der Waals surface area contributed by atoms with E-state index in [0.29, 0.717) is 6.54 Å². The number of guanidine groups is 1. The summed E-state index contributed by atoms with van der Waals surface area (Å²) < 4.78 is 5.53. The van der Waals surface area contributed by atoms with Crippen molar-refractivity contribution < 1.29 is 4.74 Å². The van der Waals surface area contributed by atoms with E-state index in [0.717, 1.165) is 23.9 Å². The molecule has 0 spiro atoms. The van der Waals surface area contributed by atoms with Gasteiger partial charge in [-0.1, -0.05) is 27.7 Å². The van der Waals surface area contributed by atoms with Crippen molar-refractivity contribution in [1.82, 2.24) is 15.6 Å². The summed E-state index contributed by atoms with van der Waals surface area (Å²) >= 11 is 1.74. The second kappa shape index (κ2) is 10.4. The molecule has 0 saturated heterocycles. The average Bonchev–Trinajstić information content (AvgIpc) is 2.89. The quantitative estimate of drug-likeness (QED) is 0.406. The summed E-state index contributed by atoms with van der Waals surface area (Å²) in [6.07, 6.45) is 3.10. The van der Waals surface area contributed by atoms with Crippen LogP contribution in [-0.4, -0.2) is 37.7 Å². The predicted molar refractivity (Wildman–Crippen MR) is 105 cm³/mol. The number of aromatic nitrogens is 1. The largest absolute Gasteiger partial charge is 0.379 e. The molecule has 5 nitrogen and oxygen atoms in total. The second-order valence-electron chi connectivity index (χ2n) is 5.97. The Balaban J connectivity index is 0.00000441. The summed E-state index contributed by atoms with van der Waals surface area (Å²) in [5.74, 6) is 0.773. The number of rotatable bonds is 6. The number of ether oxygens (including phenoxy) is 1. The van der Waals surface area contributed by atoms with Crippen LogP contribution < -0.4 is 10.6 Å². The standard InChI is InChI=1S/C15H28N4OS.HI/c1-7-11-8-17-13(21-11)10-19-14(16-5)18-9-12(20-6)15(2,3)4;/h8,12H,7,9-10H2,1-6H3,(H2,16,18,19);1H. The van der Waals surface area contributed by atoms with Crippen molar-refractivity contribution in [2.75, 3.05) is 20.7 Å². The number of hydrogen-bond acceptors (Lipinski definition) is 4. The average molecular weight is 440 g/mol. The van der Waals surface area contributed by atoms with E-state index in [9.17, 15) is 0 Å². The molecule has 1 heterocycles. The molecular weight excluding hydrogens is 411 g/mol. The van der Waals surface area contributed by atoms with Gasteiger partial charge in [0.2, 0.25) is 0 Å². The number of nitrogens with zero attached hydrogens (tertiary/aromatic N) is 2. The Morgan fingerprint density at radius 1 is 1.41 bits per heavy atom. The Morgan fingerprint density at radius 2 is 2.09 bits per heavy atom. The minimum atomic E-state index is 0. The van der Waals surface area contributed by atoms with E-state index in [1.54, 1.807) is 25.5 Å². The van der Waals surface area contributed by atoms with E-state index >= 15 is 0 Å². The summed E-state index contributed by atoms with van der Waals surface area (Å²) in [5, 5.41) is 7.67. The van der Waals surface area contributed by atoms with E-state index in [4.69, 9.17) is 4.74 Å². The lowest BCUT2D eigenvalue weighted by atomic mass is 9.89. The molecular formula is C15H29IN4OS. The SMILES string of the molecule is CCc1cnc(CNC(=NC)NCC(OC)C(C)(C)C)s1.I. The highest BCUT2D eigenvalue weighted by molar-refractivity contribution is 14.0. The minimum absolute atomic E-state index is 0. The topological polar surface area (TPSA) is 58.5 Å². The lowest BCUT2D eigenvalue weighted by Gasteiger charge is -2.30. The number of aryl methyl sites for hydroxylation is 1. The molecule has 1 rings (SSSR count). The van der Waals surface area contributed by atoms with Gasteiger partial charge in [-0.15, -0.1) is 35.3 Å². The molecule has 0 amide bonds. The number of halogens is 1. The van der Waals surface area contributed by atoms with Crippen LogP contribution in [0.4, 0.5) is 0 Å². The van der Waals surface area contributed by atoms with Gasteiger partial charge in [-0.25, -0.2) is 4.98 Å². The molecule has 0 aliphatic heterocycles. The van der Waals surface area contributed by atoms with Crippen LogP contribution >= 0.6 is 35.3 Å². The van der Waals surface area contributed by atoms with Crippen LogP contribution in [-0.2, 0) is 17.7 Å². The van der Waals surface area contributed by atoms with E-state index < -0.39 is 0 Å². The summed E-state index contributed by atoms with van der Waals surface area (Å²) in [7, 11) is 3.52. The third kappa shape index (κ3) is 7.23. The van der Waals surface area contributed by atoms with Gasteiger partial charge < -0.3 is 15.4 Å². The minimum Gasteiger partial charge on any atom is -0.379 e. The molecule has 0 aromatic carbocycles. The maximum absolute atomic E-state index is 5.53. The fraction of sp³-hybridized carbons (Fsp3) is 0.733. The van der Waals surface area contributed by atoms with E-state index in [-0.39, 0.29) is 35.5 Å². The van der Waals surface area contributed by atoms with Crippen LogP contribution in [0.5, 0.6) is 0 Å². The summed E-state index contributed by atoms with van der Waals surface area (Å²) in [6, 6.07) is 0. The summed E-state index contributed by atoms with van der Waals surface area (Å²) in [6.45, 7) is 10.1. The normalized spacial score (nSPS) is 13.5. The Kier molecular flexibility index (Phi) is 10.2. The summed E-state index contributed by atoms with van der Waals surface area (Å²) in [5.41, 5.74) is 0.0892. The van der Waals surface area contributed by atoms with E-state index in [1.807, 2.05) is 6.20 Å². The lowest BCUT2D eigenvalue weighted by Crippen LogP contribution is -2.45. The highest BCUT2D eigenvalue weighted by Crippen LogP contribution is 2.20. The number of hydrogen-bond donors (Lipinski definition) is 2. The van der Waals surface area contributed by atoms with Gasteiger partial charge in [0.15, 0.2) is 5.96 Å². The predicted octanol–water partition coefficient (Wildman–Crippen LogP) is 3.05. The number of methoxy groups -OCH3 is 1.